The van der Waals surface area contributed by atoms with Crippen LogP contribution >= 0.6 is 12.4 Å². The molecular formula is C17H19ClN2O3. The highest BCUT2D eigenvalue weighted by Crippen LogP contribution is 2.33. The van der Waals surface area contributed by atoms with Gasteiger partial charge in [-0.3, -0.25) is 9.78 Å². The molecule has 0 atom stereocenters. The third kappa shape index (κ3) is 3.40. The first-order chi connectivity index (χ1) is 10.7. The highest BCUT2D eigenvalue weighted by Gasteiger charge is 2.23. The van der Waals surface area contributed by atoms with Gasteiger partial charge in [0.2, 0.25) is 0 Å². The average Bonchev–Trinajstić information content (AvgIpc) is 2.60. The van der Waals surface area contributed by atoms with Gasteiger partial charge in [-0.15, -0.1) is 12.4 Å². The number of rotatable bonds is 3. The normalized spacial score (nSPS) is 12.9. The maximum atomic E-state index is 12.5. The number of methoxy groups -OCH3 is 2. The largest absolute Gasteiger partial charge is 0.493 e. The van der Waals surface area contributed by atoms with E-state index in [2.05, 4.69) is 4.98 Å². The van der Waals surface area contributed by atoms with Crippen molar-refractivity contribution in [1.82, 2.24) is 9.88 Å². The highest BCUT2D eigenvalue weighted by atomic mass is 35.5. The first-order valence-corrected chi connectivity index (χ1v) is 7.16. The van der Waals surface area contributed by atoms with Crippen molar-refractivity contribution in [3.8, 4) is 11.5 Å². The summed E-state index contributed by atoms with van der Waals surface area (Å²) >= 11 is 0. The summed E-state index contributed by atoms with van der Waals surface area (Å²) in [4.78, 5) is 18.4. The summed E-state index contributed by atoms with van der Waals surface area (Å²) in [6, 6.07) is 7.52. The fourth-order valence-electron chi connectivity index (χ4n) is 2.73. The van der Waals surface area contributed by atoms with Crippen LogP contribution < -0.4 is 9.47 Å². The summed E-state index contributed by atoms with van der Waals surface area (Å²) in [7, 11) is 3.25. The molecule has 0 saturated carbocycles. The van der Waals surface area contributed by atoms with Crippen LogP contribution in [0, 0.1) is 0 Å². The highest BCUT2D eigenvalue weighted by molar-refractivity contribution is 5.94. The lowest BCUT2D eigenvalue weighted by molar-refractivity contribution is 0.0734. The van der Waals surface area contributed by atoms with Gasteiger partial charge < -0.3 is 14.4 Å². The van der Waals surface area contributed by atoms with Crippen molar-refractivity contribution in [2.24, 2.45) is 0 Å². The minimum absolute atomic E-state index is 0. The Balaban J connectivity index is 0.00000192. The number of hydrogen-bond donors (Lipinski definition) is 0. The molecule has 0 bridgehead atoms. The van der Waals surface area contributed by atoms with Crippen LogP contribution in [0.4, 0.5) is 0 Å². The fraction of sp³-hybridized carbons (Fsp3) is 0.294. The number of carbonyl (C=O) groups excluding carboxylic acids is 1. The number of pyridine rings is 1. The molecule has 2 heterocycles. The van der Waals surface area contributed by atoms with Gasteiger partial charge in [-0.1, -0.05) is 0 Å². The molecule has 0 N–H and O–H groups in total. The van der Waals surface area contributed by atoms with Crippen molar-refractivity contribution in [3.05, 3.63) is 53.3 Å². The van der Waals surface area contributed by atoms with Crippen LogP contribution in [0.15, 0.2) is 36.7 Å². The Morgan fingerprint density at radius 1 is 1.17 bits per heavy atom. The molecule has 0 radical (unpaired) electrons. The first-order valence-electron chi connectivity index (χ1n) is 7.16. The Bertz CT molecular complexity index is 692. The summed E-state index contributed by atoms with van der Waals surface area (Å²) in [5, 5.41) is 0. The van der Waals surface area contributed by atoms with E-state index in [1.54, 1.807) is 38.7 Å². The zero-order chi connectivity index (χ0) is 15.5. The topological polar surface area (TPSA) is 51.7 Å². The van der Waals surface area contributed by atoms with Gasteiger partial charge in [0.05, 0.1) is 19.8 Å². The minimum atomic E-state index is 0. The van der Waals surface area contributed by atoms with Gasteiger partial charge in [0.25, 0.3) is 5.91 Å². The predicted octanol–water partition coefficient (Wildman–Crippen LogP) is 2.72. The van der Waals surface area contributed by atoms with E-state index in [-0.39, 0.29) is 18.3 Å². The third-order valence-corrected chi connectivity index (χ3v) is 3.91. The molecule has 0 aliphatic carbocycles. The summed E-state index contributed by atoms with van der Waals surface area (Å²) in [6.07, 6.45) is 4.08. The molecule has 1 aromatic carbocycles. The Hall–Kier alpha value is -2.27. The zero-order valence-corrected chi connectivity index (χ0v) is 13.9. The molecule has 1 amide bonds. The number of fused-ring (bicyclic) bond motifs is 1. The summed E-state index contributed by atoms with van der Waals surface area (Å²) in [6.45, 7) is 1.26. The molecular weight excluding hydrogens is 316 g/mol. The Kier molecular flexibility index (Phi) is 5.45. The number of nitrogens with zero attached hydrogens (tertiary/aromatic N) is 2. The van der Waals surface area contributed by atoms with Crippen LogP contribution in [-0.2, 0) is 13.0 Å². The number of aromatic nitrogens is 1. The second kappa shape index (κ2) is 7.33. The van der Waals surface area contributed by atoms with E-state index < -0.39 is 0 Å². The number of carbonyl (C=O) groups is 1. The molecule has 0 spiro atoms. The van der Waals surface area contributed by atoms with Crippen LogP contribution in [0.1, 0.15) is 21.5 Å². The number of hydrogen-bond acceptors (Lipinski definition) is 4. The van der Waals surface area contributed by atoms with Crippen molar-refractivity contribution in [1.29, 1.82) is 0 Å². The predicted molar refractivity (Wildman–Crippen MR) is 89.5 cm³/mol. The molecule has 1 aromatic heterocycles. The Morgan fingerprint density at radius 2 is 1.87 bits per heavy atom. The van der Waals surface area contributed by atoms with Gasteiger partial charge in [-0.25, -0.2) is 0 Å². The van der Waals surface area contributed by atoms with Crippen molar-refractivity contribution >= 4 is 18.3 Å². The molecule has 0 unspecified atom stereocenters. The smallest absolute Gasteiger partial charge is 0.255 e. The molecule has 122 valence electrons. The van der Waals surface area contributed by atoms with E-state index in [4.69, 9.17) is 9.47 Å². The van der Waals surface area contributed by atoms with E-state index >= 15 is 0 Å². The monoisotopic (exact) mass is 334 g/mol. The minimum Gasteiger partial charge on any atom is -0.493 e. The van der Waals surface area contributed by atoms with Gasteiger partial charge in [0.1, 0.15) is 0 Å². The van der Waals surface area contributed by atoms with E-state index in [1.807, 2.05) is 17.0 Å². The van der Waals surface area contributed by atoms with Crippen LogP contribution in [-0.4, -0.2) is 36.6 Å². The standard InChI is InChI=1S/C17H18N2O3.ClH/c1-21-15-8-12-5-7-19(11-14(12)9-16(15)22-2)17(20)13-4-3-6-18-10-13;/h3-4,6,8-10H,5,7,11H2,1-2H3;1H. The number of halogens is 1. The summed E-state index contributed by atoms with van der Waals surface area (Å²) in [5.74, 6) is 1.43. The van der Waals surface area contributed by atoms with E-state index in [0.717, 1.165) is 17.7 Å². The number of ether oxygens (including phenoxy) is 2. The van der Waals surface area contributed by atoms with Gasteiger partial charge in [-0.05, 0) is 41.8 Å². The average molecular weight is 335 g/mol. The van der Waals surface area contributed by atoms with Crippen molar-refractivity contribution in [2.75, 3.05) is 20.8 Å². The lowest BCUT2D eigenvalue weighted by atomic mass is 9.98. The number of benzene rings is 1. The lowest BCUT2D eigenvalue weighted by Crippen LogP contribution is -2.36. The third-order valence-electron chi connectivity index (χ3n) is 3.91. The van der Waals surface area contributed by atoms with Gasteiger partial charge >= 0.3 is 0 Å². The van der Waals surface area contributed by atoms with Gasteiger partial charge in [0.15, 0.2) is 11.5 Å². The van der Waals surface area contributed by atoms with Crippen LogP contribution in [0.3, 0.4) is 0 Å². The molecule has 6 heteroatoms. The zero-order valence-electron chi connectivity index (χ0n) is 13.1. The molecule has 23 heavy (non-hydrogen) atoms. The van der Waals surface area contributed by atoms with Gasteiger partial charge in [-0.2, -0.15) is 0 Å². The van der Waals surface area contributed by atoms with Crippen LogP contribution in [0.5, 0.6) is 11.5 Å². The molecule has 5 nitrogen and oxygen atoms in total. The van der Waals surface area contributed by atoms with Crippen LogP contribution in [0.25, 0.3) is 0 Å². The fourth-order valence-corrected chi connectivity index (χ4v) is 2.73. The Morgan fingerprint density at radius 3 is 2.48 bits per heavy atom. The summed E-state index contributed by atoms with van der Waals surface area (Å²) in [5.41, 5.74) is 2.92. The number of amides is 1. The molecule has 3 rings (SSSR count). The Labute approximate surface area is 141 Å². The lowest BCUT2D eigenvalue weighted by Gasteiger charge is -2.29. The molecule has 1 aliphatic heterocycles. The second-order valence-corrected chi connectivity index (χ2v) is 5.19. The molecule has 0 fully saturated rings. The summed E-state index contributed by atoms with van der Waals surface area (Å²) < 4.78 is 10.7. The molecule has 0 saturated heterocycles. The maximum Gasteiger partial charge on any atom is 0.255 e. The van der Waals surface area contributed by atoms with Crippen molar-refractivity contribution < 1.29 is 14.3 Å². The van der Waals surface area contributed by atoms with Crippen molar-refractivity contribution in [2.45, 2.75) is 13.0 Å². The SMILES string of the molecule is COc1cc2c(cc1OC)CN(C(=O)c1cccnc1)CC2.Cl. The van der Waals surface area contributed by atoms with Crippen LogP contribution in [0.2, 0.25) is 0 Å². The second-order valence-electron chi connectivity index (χ2n) is 5.19. The molecule has 2 aromatic rings. The van der Waals surface area contributed by atoms with E-state index in [9.17, 15) is 4.79 Å². The van der Waals surface area contributed by atoms with Crippen molar-refractivity contribution in [3.63, 3.8) is 0 Å². The quantitative estimate of drug-likeness (QED) is 0.866. The van der Waals surface area contributed by atoms with Gasteiger partial charge in [0, 0.05) is 25.5 Å². The first kappa shape index (κ1) is 17.1. The van der Waals surface area contributed by atoms with E-state index in [1.165, 1.54) is 5.56 Å². The molecule has 1 aliphatic rings. The van der Waals surface area contributed by atoms with E-state index in [0.29, 0.717) is 24.4 Å². The maximum absolute atomic E-state index is 12.5.